The van der Waals surface area contributed by atoms with Crippen molar-refractivity contribution in [2.75, 3.05) is 4.72 Å². The molecule has 30 heavy (non-hydrogen) atoms. The zero-order chi connectivity index (χ0) is 21.1. The van der Waals surface area contributed by atoms with Crippen molar-refractivity contribution in [1.29, 1.82) is 0 Å². The zero-order valence-corrected chi connectivity index (χ0v) is 16.5. The van der Waals surface area contributed by atoms with Crippen LogP contribution in [0.1, 0.15) is 5.82 Å². The van der Waals surface area contributed by atoms with Crippen LogP contribution in [0.15, 0.2) is 78.2 Å². The van der Waals surface area contributed by atoms with Crippen molar-refractivity contribution in [3.63, 3.8) is 0 Å². The van der Waals surface area contributed by atoms with E-state index in [0.29, 0.717) is 23.1 Å². The molecule has 0 amide bonds. The molecule has 4 aromatic rings. The fourth-order valence-electron chi connectivity index (χ4n) is 2.68. The molecule has 4 rings (SSSR count). The van der Waals surface area contributed by atoms with Gasteiger partial charge in [0, 0.05) is 24.1 Å². The number of rotatable bonds is 6. The molecule has 10 heteroatoms. The molecular formula is C20H16FN5O3S. The first-order chi connectivity index (χ1) is 14.4. The van der Waals surface area contributed by atoms with Gasteiger partial charge >= 0.3 is 0 Å². The summed E-state index contributed by atoms with van der Waals surface area (Å²) in [5.41, 5.74) is 0.337. The Morgan fingerprint density at radius 3 is 2.40 bits per heavy atom. The molecule has 0 aliphatic rings. The lowest BCUT2D eigenvalue weighted by atomic mass is 10.3. The number of nitrogens with one attached hydrogen (secondary N) is 1. The molecule has 0 saturated heterocycles. The summed E-state index contributed by atoms with van der Waals surface area (Å²) in [7, 11) is -3.82. The predicted molar refractivity (Wildman–Crippen MR) is 108 cm³/mol. The van der Waals surface area contributed by atoms with Crippen molar-refractivity contribution in [3.05, 3.63) is 85.0 Å². The predicted octanol–water partition coefficient (Wildman–Crippen LogP) is 3.70. The molecule has 8 nitrogen and oxygen atoms in total. The summed E-state index contributed by atoms with van der Waals surface area (Å²) in [6.07, 6.45) is 4.84. The summed E-state index contributed by atoms with van der Waals surface area (Å²) < 4.78 is 47.7. The molecule has 0 aliphatic carbocycles. The van der Waals surface area contributed by atoms with E-state index in [4.69, 9.17) is 4.74 Å². The van der Waals surface area contributed by atoms with Crippen LogP contribution >= 0.6 is 0 Å². The quantitative estimate of drug-likeness (QED) is 0.506. The number of benzene rings is 2. The number of hydrogen-bond acceptors (Lipinski definition) is 6. The van der Waals surface area contributed by atoms with Gasteiger partial charge in [0.25, 0.3) is 10.0 Å². The number of ether oxygens (including phenoxy) is 1. The number of halogens is 1. The highest BCUT2D eigenvalue weighted by molar-refractivity contribution is 7.92. The number of aryl methyl sites for hydroxylation is 1. The molecule has 152 valence electrons. The van der Waals surface area contributed by atoms with Gasteiger partial charge in [-0.1, -0.05) is 0 Å². The van der Waals surface area contributed by atoms with Crippen LogP contribution in [0.5, 0.6) is 11.6 Å². The lowest BCUT2D eigenvalue weighted by Gasteiger charge is -2.10. The standard InChI is InChI=1S/C20H16FN5O3S/c1-14-22-10-11-26(14)19-12-20(24-13-23-19)29-17-6-4-16(5-7-17)25-30(27,28)18-8-2-15(21)3-9-18/h2-13,25H,1H3. The summed E-state index contributed by atoms with van der Waals surface area (Å²) >= 11 is 0. The number of sulfonamides is 1. The van der Waals surface area contributed by atoms with Crippen LogP contribution in [-0.2, 0) is 10.0 Å². The van der Waals surface area contributed by atoms with Crippen molar-refractivity contribution in [1.82, 2.24) is 19.5 Å². The third kappa shape index (κ3) is 4.28. The highest BCUT2D eigenvalue weighted by Gasteiger charge is 2.14. The first-order valence-electron chi connectivity index (χ1n) is 8.79. The SMILES string of the molecule is Cc1nccn1-c1cc(Oc2ccc(NS(=O)(=O)c3ccc(F)cc3)cc2)ncn1. The summed E-state index contributed by atoms with van der Waals surface area (Å²) in [5.74, 6) is 1.67. The van der Waals surface area contributed by atoms with Gasteiger partial charge in [-0.2, -0.15) is 0 Å². The fraction of sp³-hybridized carbons (Fsp3) is 0.0500. The maximum absolute atomic E-state index is 13.0. The molecule has 0 spiro atoms. The minimum Gasteiger partial charge on any atom is -0.439 e. The van der Waals surface area contributed by atoms with Crippen molar-refractivity contribution in [3.8, 4) is 17.4 Å². The molecule has 2 heterocycles. The van der Waals surface area contributed by atoms with E-state index in [1.165, 1.54) is 18.5 Å². The Kier molecular flexibility index (Phi) is 5.15. The molecular weight excluding hydrogens is 409 g/mol. The molecule has 0 fully saturated rings. The molecule has 1 N–H and O–H groups in total. The van der Waals surface area contributed by atoms with Crippen LogP contribution in [0.3, 0.4) is 0 Å². The number of nitrogens with zero attached hydrogens (tertiary/aromatic N) is 4. The minimum atomic E-state index is -3.82. The van der Waals surface area contributed by atoms with Crippen molar-refractivity contribution in [2.24, 2.45) is 0 Å². The van der Waals surface area contributed by atoms with Gasteiger partial charge in [0.15, 0.2) is 0 Å². The second-order valence-corrected chi connectivity index (χ2v) is 7.93. The van der Waals surface area contributed by atoms with Crippen LogP contribution < -0.4 is 9.46 Å². The van der Waals surface area contributed by atoms with Gasteiger partial charge in [0.1, 0.15) is 29.5 Å². The lowest BCUT2D eigenvalue weighted by Crippen LogP contribution is -2.12. The largest absolute Gasteiger partial charge is 0.439 e. The number of anilines is 1. The van der Waals surface area contributed by atoms with Gasteiger partial charge in [0.2, 0.25) is 5.88 Å². The van der Waals surface area contributed by atoms with E-state index >= 15 is 0 Å². The maximum atomic E-state index is 13.0. The van der Waals surface area contributed by atoms with E-state index in [1.54, 1.807) is 47.3 Å². The fourth-order valence-corrected chi connectivity index (χ4v) is 3.74. The van der Waals surface area contributed by atoms with Crippen LogP contribution in [0.2, 0.25) is 0 Å². The topological polar surface area (TPSA) is 99.0 Å². The lowest BCUT2D eigenvalue weighted by molar-refractivity contribution is 0.461. The highest BCUT2D eigenvalue weighted by atomic mass is 32.2. The Labute approximate surface area is 172 Å². The highest BCUT2D eigenvalue weighted by Crippen LogP contribution is 2.24. The van der Waals surface area contributed by atoms with Crippen LogP contribution in [0.25, 0.3) is 5.82 Å². The van der Waals surface area contributed by atoms with E-state index in [1.807, 2.05) is 6.92 Å². The van der Waals surface area contributed by atoms with E-state index in [0.717, 1.165) is 18.0 Å². The Morgan fingerprint density at radius 1 is 1.00 bits per heavy atom. The van der Waals surface area contributed by atoms with Crippen molar-refractivity contribution in [2.45, 2.75) is 11.8 Å². The van der Waals surface area contributed by atoms with E-state index in [9.17, 15) is 12.8 Å². The van der Waals surface area contributed by atoms with Crippen LogP contribution in [-0.4, -0.2) is 27.9 Å². The minimum absolute atomic E-state index is 0.0347. The van der Waals surface area contributed by atoms with Gasteiger partial charge in [-0.05, 0) is 55.5 Å². The molecule has 0 saturated carbocycles. The zero-order valence-electron chi connectivity index (χ0n) is 15.7. The average Bonchev–Trinajstić information content (AvgIpc) is 3.16. The Bertz CT molecular complexity index is 1270. The second kappa shape index (κ2) is 7.91. The summed E-state index contributed by atoms with van der Waals surface area (Å²) in [5, 5.41) is 0. The first kappa shape index (κ1) is 19.5. The molecule has 2 aromatic heterocycles. The Hall–Kier alpha value is -3.79. The summed E-state index contributed by atoms with van der Waals surface area (Å²) in [4.78, 5) is 12.4. The summed E-state index contributed by atoms with van der Waals surface area (Å²) in [6.45, 7) is 1.86. The molecule has 0 unspecified atom stereocenters. The van der Waals surface area contributed by atoms with Gasteiger partial charge in [0.05, 0.1) is 4.90 Å². The van der Waals surface area contributed by atoms with Gasteiger partial charge < -0.3 is 4.74 Å². The van der Waals surface area contributed by atoms with E-state index in [2.05, 4.69) is 19.7 Å². The van der Waals surface area contributed by atoms with Gasteiger partial charge in [-0.3, -0.25) is 9.29 Å². The van der Waals surface area contributed by atoms with E-state index < -0.39 is 15.8 Å². The molecule has 0 radical (unpaired) electrons. The third-order valence-electron chi connectivity index (χ3n) is 4.15. The van der Waals surface area contributed by atoms with Crippen LogP contribution in [0, 0.1) is 12.7 Å². The molecule has 0 atom stereocenters. The maximum Gasteiger partial charge on any atom is 0.261 e. The smallest absolute Gasteiger partial charge is 0.261 e. The normalized spacial score (nSPS) is 11.3. The van der Waals surface area contributed by atoms with Gasteiger partial charge in [-0.25, -0.2) is 27.8 Å². The average molecular weight is 425 g/mol. The van der Waals surface area contributed by atoms with Crippen molar-refractivity contribution >= 4 is 15.7 Å². The second-order valence-electron chi connectivity index (χ2n) is 6.24. The molecule has 0 aliphatic heterocycles. The number of hydrogen-bond donors (Lipinski definition) is 1. The Morgan fingerprint density at radius 2 is 1.73 bits per heavy atom. The molecule has 2 aromatic carbocycles. The Balaban J connectivity index is 1.48. The van der Waals surface area contributed by atoms with Gasteiger partial charge in [-0.15, -0.1) is 0 Å². The monoisotopic (exact) mass is 425 g/mol. The van der Waals surface area contributed by atoms with E-state index in [-0.39, 0.29) is 4.90 Å². The third-order valence-corrected chi connectivity index (χ3v) is 5.55. The van der Waals surface area contributed by atoms with Crippen LogP contribution in [0.4, 0.5) is 10.1 Å². The number of aromatic nitrogens is 4. The summed E-state index contributed by atoms with van der Waals surface area (Å²) in [6, 6.07) is 12.6. The number of imidazole rings is 1. The van der Waals surface area contributed by atoms with Crippen molar-refractivity contribution < 1.29 is 17.5 Å². The molecule has 0 bridgehead atoms. The first-order valence-corrected chi connectivity index (χ1v) is 10.3.